The number of aromatic amines is 1. The van der Waals surface area contributed by atoms with E-state index in [4.69, 9.17) is 9.84 Å². The second-order valence-corrected chi connectivity index (χ2v) is 7.62. The second-order valence-electron chi connectivity index (χ2n) is 7.62. The average molecular weight is 428 g/mol. The Morgan fingerprint density at radius 1 is 1.13 bits per heavy atom. The zero-order valence-electron chi connectivity index (χ0n) is 18.1. The number of aromatic nitrogens is 1. The van der Waals surface area contributed by atoms with Gasteiger partial charge in [0.2, 0.25) is 0 Å². The van der Waals surface area contributed by atoms with Gasteiger partial charge >= 0.3 is 5.97 Å². The molecule has 0 bridgehead atoms. The Labute approximate surface area is 182 Å². The Morgan fingerprint density at radius 3 is 2.39 bits per heavy atom. The van der Waals surface area contributed by atoms with Gasteiger partial charge in [-0.1, -0.05) is 18.2 Å². The molecule has 0 amide bonds. The molecule has 1 aliphatic heterocycles. The molecule has 0 atom stereocenters. The van der Waals surface area contributed by atoms with Gasteiger partial charge < -0.3 is 14.8 Å². The highest BCUT2D eigenvalue weighted by Crippen LogP contribution is 2.31. The first-order chi connectivity index (χ1) is 15.0. The Kier molecular flexibility index (Phi) is 8.03. The fraction of sp³-hybridized carbons (Fsp3) is 0.375. The lowest BCUT2D eigenvalue weighted by Gasteiger charge is -2.34. The van der Waals surface area contributed by atoms with E-state index >= 15 is 0 Å². The SMILES string of the molecule is COc1cc(C)c2[nH]ccc2c1CN1CCN(CCF)CC1.O=C(O)c1ccccc1. The molecule has 6 nitrogen and oxygen atoms in total. The van der Waals surface area contributed by atoms with Gasteiger partial charge in [0.15, 0.2) is 0 Å². The van der Waals surface area contributed by atoms with E-state index < -0.39 is 5.97 Å². The van der Waals surface area contributed by atoms with E-state index in [0.717, 1.165) is 38.5 Å². The third-order valence-electron chi connectivity index (χ3n) is 5.60. The Hall–Kier alpha value is -2.90. The molecule has 1 fully saturated rings. The molecule has 0 aliphatic carbocycles. The molecule has 0 spiro atoms. The van der Waals surface area contributed by atoms with Crippen molar-refractivity contribution in [2.24, 2.45) is 0 Å². The molecule has 0 saturated carbocycles. The fourth-order valence-electron chi connectivity index (χ4n) is 3.88. The van der Waals surface area contributed by atoms with Crippen molar-refractivity contribution in [2.75, 3.05) is 46.5 Å². The number of nitrogens with one attached hydrogen (secondary N) is 1. The number of methoxy groups -OCH3 is 1. The number of ether oxygens (including phenoxy) is 1. The topological polar surface area (TPSA) is 68.8 Å². The first-order valence-corrected chi connectivity index (χ1v) is 10.5. The lowest BCUT2D eigenvalue weighted by atomic mass is 10.0. The van der Waals surface area contributed by atoms with Crippen molar-refractivity contribution < 1.29 is 19.0 Å². The minimum atomic E-state index is -0.879. The molecule has 7 heteroatoms. The van der Waals surface area contributed by atoms with Crippen LogP contribution in [0.1, 0.15) is 21.5 Å². The molecular formula is C24H30FN3O3. The predicted octanol–water partition coefficient (Wildman–Crippen LogP) is 3.96. The van der Waals surface area contributed by atoms with Gasteiger partial charge in [-0.3, -0.25) is 9.80 Å². The first-order valence-electron chi connectivity index (χ1n) is 10.5. The van der Waals surface area contributed by atoms with E-state index in [-0.39, 0.29) is 6.67 Å². The third kappa shape index (κ3) is 5.83. The zero-order valence-corrected chi connectivity index (χ0v) is 18.1. The molecule has 2 heterocycles. The number of aromatic carboxylic acids is 1. The van der Waals surface area contributed by atoms with Crippen molar-refractivity contribution in [3.63, 3.8) is 0 Å². The van der Waals surface area contributed by atoms with Crippen LogP contribution in [-0.4, -0.2) is 72.4 Å². The maximum absolute atomic E-state index is 12.4. The van der Waals surface area contributed by atoms with Crippen LogP contribution in [-0.2, 0) is 6.54 Å². The number of H-pyrrole nitrogens is 1. The molecule has 1 aliphatic rings. The van der Waals surface area contributed by atoms with Crippen LogP contribution in [0.2, 0.25) is 0 Å². The van der Waals surface area contributed by atoms with Crippen LogP contribution in [0.4, 0.5) is 4.39 Å². The number of nitrogens with zero attached hydrogens (tertiary/aromatic N) is 2. The van der Waals surface area contributed by atoms with Crippen molar-refractivity contribution in [1.29, 1.82) is 0 Å². The molecule has 1 aromatic heterocycles. The summed E-state index contributed by atoms with van der Waals surface area (Å²) < 4.78 is 18.0. The van der Waals surface area contributed by atoms with E-state index in [1.54, 1.807) is 37.4 Å². The molecule has 3 aromatic rings. The quantitative estimate of drug-likeness (QED) is 0.623. The molecule has 1 saturated heterocycles. The number of rotatable bonds is 6. The van der Waals surface area contributed by atoms with Gasteiger partial charge in [-0.2, -0.15) is 0 Å². The van der Waals surface area contributed by atoms with Crippen LogP contribution in [0.25, 0.3) is 10.9 Å². The summed E-state index contributed by atoms with van der Waals surface area (Å²) in [7, 11) is 1.73. The standard InChI is InChI=1S/C17H24FN3O.C7H6O2/c1-13-11-16(22-2)15(14-3-5-19-17(13)14)12-21-9-7-20(6-4-18)8-10-21;8-7(9)6-4-2-1-3-5-6/h3,5,11,19H,4,6-10,12H2,1-2H3;1-5H,(H,8,9). The van der Waals surface area contributed by atoms with E-state index in [0.29, 0.717) is 12.1 Å². The number of carboxylic acids is 1. The maximum atomic E-state index is 12.4. The van der Waals surface area contributed by atoms with Gasteiger partial charge in [0.25, 0.3) is 0 Å². The molecule has 2 N–H and O–H groups in total. The molecule has 0 unspecified atom stereocenters. The van der Waals surface area contributed by atoms with Crippen LogP contribution in [0.3, 0.4) is 0 Å². The van der Waals surface area contributed by atoms with Crippen molar-refractivity contribution in [1.82, 2.24) is 14.8 Å². The van der Waals surface area contributed by atoms with Gasteiger partial charge in [0, 0.05) is 61.9 Å². The Bertz CT molecular complexity index is 982. The number of aryl methyl sites for hydroxylation is 1. The van der Waals surface area contributed by atoms with Crippen molar-refractivity contribution in [3.05, 3.63) is 65.4 Å². The van der Waals surface area contributed by atoms with Crippen LogP contribution in [0.15, 0.2) is 48.7 Å². The number of carbonyl (C=O) groups is 1. The largest absolute Gasteiger partial charge is 0.496 e. The highest BCUT2D eigenvalue weighted by Gasteiger charge is 2.20. The van der Waals surface area contributed by atoms with Crippen LogP contribution in [0.5, 0.6) is 5.75 Å². The van der Waals surface area contributed by atoms with Gasteiger partial charge in [-0.05, 0) is 36.8 Å². The summed E-state index contributed by atoms with van der Waals surface area (Å²) >= 11 is 0. The van der Waals surface area contributed by atoms with E-state index in [1.807, 2.05) is 6.20 Å². The predicted molar refractivity (Wildman–Crippen MR) is 121 cm³/mol. The molecule has 2 aromatic carbocycles. The summed E-state index contributed by atoms with van der Waals surface area (Å²) in [4.78, 5) is 18.1. The van der Waals surface area contributed by atoms with Crippen LogP contribution < -0.4 is 4.74 Å². The van der Waals surface area contributed by atoms with Crippen LogP contribution >= 0.6 is 0 Å². The van der Waals surface area contributed by atoms with E-state index in [9.17, 15) is 9.18 Å². The number of alkyl halides is 1. The smallest absolute Gasteiger partial charge is 0.335 e. The maximum Gasteiger partial charge on any atom is 0.335 e. The third-order valence-corrected chi connectivity index (χ3v) is 5.60. The number of benzene rings is 2. The minimum Gasteiger partial charge on any atom is -0.496 e. The number of hydrogen-bond acceptors (Lipinski definition) is 4. The summed E-state index contributed by atoms with van der Waals surface area (Å²) in [6.07, 6.45) is 1.99. The molecule has 166 valence electrons. The summed E-state index contributed by atoms with van der Waals surface area (Å²) in [5, 5.41) is 9.62. The van der Waals surface area contributed by atoms with Gasteiger partial charge in [-0.15, -0.1) is 0 Å². The number of hydrogen-bond donors (Lipinski definition) is 2. The van der Waals surface area contributed by atoms with E-state index in [1.165, 1.54) is 22.0 Å². The lowest BCUT2D eigenvalue weighted by molar-refractivity contribution is 0.0697. The van der Waals surface area contributed by atoms with Crippen molar-refractivity contribution >= 4 is 16.9 Å². The lowest BCUT2D eigenvalue weighted by Crippen LogP contribution is -2.46. The molecular weight excluding hydrogens is 397 g/mol. The highest BCUT2D eigenvalue weighted by molar-refractivity contribution is 5.88. The average Bonchev–Trinajstić information content (AvgIpc) is 3.29. The molecule has 4 rings (SSSR count). The number of halogens is 1. The zero-order chi connectivity index (χ0) is 22.2. The Balaban J connectivity index is 0.000000254. The number of carboxylic acid groups (broad SMARTS) is 1. The summed E-state index contributed by atoms with van der Waals surface area (Å²) in [6.45, 7) is 7.11. The van der Waals surface area contributed by atoms with Gasteiger partial charge in [-0.25, -0.2) is 9.18 Å². The molecule has 31 heavy (non-hydrogen) atoms. The summed E-state index contributed by atoms with van der Waals surface area (Å²) in [6, 6.07) is 12.5. The number of piperazine rings is 1. The van der Waals surface area contributed by atoms with Crippen LogP contribution in [0, 0.1) is 6.92 Å². The molecule has 0 radical (unpaired) electrons. The monoisotopic (exact) mass is 427 g/mol. The van der Waals surface area contributed by atoms with Gasteiger partial charge in [0.05, 0.1) is 12.7 Å². The first kappa shape index (κ1) is 22.8. The van der Waals surface area contributed by atoms with E-state index in [2.05, 4.69) is 33.8 Å². The highest BCUT2D eigenvalue weighted by atomic mass is 19.1. The minimum absolute atomic E-state index is 0.254. The summed E-state index contributed by atoms with van der Waals surface area (Å²) in [5.41, 5.74) is 3.96. The van der Waals surface area contributed by atoms with Gasteiger partial charge in [0.1, 0.15) is 12.4 Å². The fourth-order valence-corrected chi connectivity index (χ4v) is 3.88. The van der Waals surface area contributed by atoms with Crippen molar-refractivity contribution in [2.45, 2.75) is 13.5 Å². The normalized spacial score (nSPS) is 14.8. The Morgan fingerprint density at radius 2 is 1.81 bits per heavy atom. The van der Waals surface area contributed by atoms with Crippen molar-refractivity contribution in [3.8, 4) is 5.75 Å². The second kappa shape index (κ2) is 10.9. The number of fused-ring (bicyclic) bond motifs is 1. The summed E-state index contributed by atoms with van der Waals surface area (Å²) in [5.74, 6) is 0.0754.